The Labute approximate surface area is 102 Å². The molecule has 2 aromatic heterocycles. The molecule has 17 heavy (non-hydrogen) atoms. The number of esters is 1. The largest absolute Gasteiger partial charge is 0.462 e. The summed E-state index contributed by atoms with van der Waals surface area (Å²) in [6, 6.07) is 9.98. The molecule has 0 saturated carbocycles. The Morgan fingerprint density at radius 1 is 1.35 bits per heavy atom. The third-order valence-corrected chi connectivity index (χ3v) is 3.70. The van der Waals surface area contributed by atoms with Crippen LogP contribution in [0.3, 0.4) is 0 Å². The molecule has 3 rings (SSSR count). The maximum atomic E-state index is 11.6. The Morgan fingerprint density at radius 3 is 3.00 bits per heavy atom. The van der Waals surface area contributed by atoms with Crippen molar-refractivity contribution >= 4 is 38.4 Å². The number of rotatable bonds is 2. The van der Waals surface area contributed by atoms with Crippen molar-refractivity contribution in [2.75, 3.05) is 6.61 Å². The molecule has 0 fully saturated rings. The van der Waals surface area contributed by atoms with E-state index in [1.165, 1.54) is 11.3 Å². The quantitative estimate of drug-likeness (QED) is 0.701. The highest BCUT2D eigenvalue weighted by Gasteiger charge is 2.14. The van der Waals surface area contributed by atoms with Crippen LogP contribution >= 0.6 is 11.3 Å². The molecule has 86 valence electrons. The van der Waals surface area contributed by atoms with E-state index in [0.717, 1.165) is 21.1 Å². The Hall–Kier alpha value is -1.81. The fourth-order valence-corrected chi connectivity index (χ4v) is 2.91. The van der Waals surface area contributed by atoms with Crippen molar-refractivity contribution in [1.82, 2.24) is 4.98 Å². The van der Waals surface area contributed by atoms with Crippen molar-refractivity contribution in [2.45, 2.75) is 6.92 Å². The maximum Gasteiger partial charge on any atom is 0.348 e. The van der Waals surface area contributed by atoms with E-state index >= 15 is 0 Å². The smallest absolute Gasteiger partial charge is 0.348 e. The number of thiophene rings is 1. The summed E-state index contributed by atoms with van der Waals surface area (Å²) in [6.07, 6.45) is 0. The molecular weight excluding hydrogens is 234 g/mol. The minimum Gasteiger partial charge on any atom is -0.462 e. The topological polar surface area (TPSA) is 42.1 Å². The van der Waals surface area contributed by atoms with Crippen LogP contribution in [0.2, 0.25) is 0 Å². The number of aromatic nitrogens is 1. The second kappa shape index (κ2) is 3.89. The van der Waals surface area contributed by atoms with Gasteiger partial charge in [-0.2, -0.15) is 0 Å². The van der Waals surface area contributed by atoms with Crippen LogP contribution in [0.15, 0.2) is 30.3 Å². The Morgan fingerprint density at radius 2 is 2.18 bits per heavy atom. The predicted molar refractivity (Wildman–Crippen MR) is 69.6 cm³/mol. The fraction of sp³-hybridized carbons (Fsp3) is 0.154. The lowest BCUT2D eigenvalue weighted by molar-refractivity contribution is 0.0532. The van der Waals surface area contributed by atoms with Crippen LogP contribution in [0.4, 0.5) is 0 Å². The second-order valence-corrected chi connectivity index (χ2v) is 4.80. The third kappa shape index (κ3) is 1.61. The molecule has 2 heterocycles. The summed E-state index contributed by atoms with van der Waals surface area (Å²) < 4.78 is 5.00. The summed E-state index contributed by atoms with van der Waals surface area (Å²) in [5, 5.41) is 2.24. The van der Waals surface area contributed by atoms with Gasteiger partial charge in [0.2, 0.25) is 0 Å². The zero-order valence-corrected chi connectivity index (χ0v) is 10.1. The Kier molecular flexibility index (Phi) is 2.37. The summed E-state index contributed by atoms with van der Waals surface area (Å²) in [7, 11) is 0. The molecule has 0 aliphatic rings. The normalized spacial score (nSPS) is 11.1. The van der Waals surface area contributed by atoms with Crippen molar-refractivity contribution in [1.29, 1.82) is 0 Å². The van der Waals surface area contributed by atoms with Gasteiger partial charge in [-0.05, 0) is 19.1 Å². The summed E-state index contributed by atoms with van der Waals surface area (Å²) in [5.74, 6) is -0.244. The van der Waals surface area contributed by atoms with Gasteiger partial charge in [0.25, 0.3) is 0 Å². The zero-order valence-electron chi connectivity index (χ0n) is 9.32. The number of aromatic amines is 1. The van der Waals surface area contributed by atoms with E-state index in [-0.39, 0.29) is 5.97 Å². The van der Waals surface area contributed by atoms with E-state index < -0.39 is 0 Å². The average molecular weight is 245 g/mol. The molecule has 0 amide bonds. The van der Waals surface area contributed by atoms with Gasteiger partial charge in [0.15, 0.2) is 0 Å². The van der Waals surface area contributed by atoms with Crippen molar-refractivity contribution in [3.05, 3.63) is 35.2 Å². The first kappa shape index (κ1) is 10.4. The minimum absolute atomic E-state index is 0.244. The number of carbonyl (C=O) groups is 1. The molecule has 1 aromatic carbocycles. The number of H-pyrrole nitrogens is 1. The van der Waals surface area contributed by atoms with Crippen LogP contribution in [0.1, 0.15) is 16.6 Å². The van der Waals surface area contributed by atoms with Gasteiger partial charge in [-0.15, -0.1) is 11.3 Å². The van der Waals surface area contributed by atoms with Crippen molar-refractivity contribution < 1.29 is 9.53 Å². The molecule has 0 unspecified atom stereocenters. The number of hydrogen-bond donors (Lipinski definition) is 1. The third-order valence-electron chi connectivity index (χ3n) is 2.67. The molecule has 0 aliphatic heterocycles. The van der Waals surface area contributed by atoms with Crippen molar-refractivity contribution in [3.63, 3.8) is 0 Å². The molecule has 0 aliphatic carbocycles. The molecule has 0 atom stereocenters. The monoisotopic (exact) mass is 245 g/mol. The number of hydrogen-bond acceptors (Lipinski definition) is 3. The first-order valence-corrected chi connectivity index (χ1v) is 6.28. The van der Waals surface area contributed by atoms with Gasteiger partial charge in [0.1, 0.15) is 9.71 Å². The highest BCUT2D eigenvalue weighted by Crippen LogP contribution is 2.32. The predicted octanol–water partition coefficient (Wildman–Crippen LogP) is 3.56. The lowest BCUT2D eigenvalue weighted by atomic mass is 10.2. The van der Waals surface area contributed by atoms with Crippen molar-refractivity contribution in [2.24, 2.45) is 0 Å². The average Bonchev–Trinajstić information content (AvgIpc) is 2.86. The van der Waals surface area contributed by atoms with Gasteiger partial charge in [0, 0.05) is 16.3 Å². The van der Waals surface area contributed by atoms with Gasteiger partial charge in [-0.1, -0.05) is 18.2 Å². The number of para-hydroxylation sites is 1. The van der Waals surface area contributed by atoms with E-state index in [9.17, 15) is 4.79 Å². The van der Waals surface area contributed by atoms with Crippen molar-refractivity contribution in [3.8, 4) is 0 Å². The first-order chi connectivity index (χ1) is 8.29. The SMILES string of the molecule is CCOC(=O)c1cc2c([nH]c3ccccc32)s1. The van der Waals surface area contributed by atoms with Crippen LogP contribution < -0.4 is 0 Å². The molecule has 3 nitrogen and oxygen atoms in total. The summed E-state index contributed by atoms with van der Waals surface area (Å²) in [6.45, 7) is 2.22. The molecule has 3 aromatic rings. The summed E-state index contributed by atoms with van der Waals surface area (Å²) in [4.78, 5) is 16.6. The number of carbonyl (C=O) groups excluding carboxylic acids is 1. The van der Waals surface area contributed by atoms with Crippen LogP contribution in [0.5, 0.6) is 0 Å². The molecule has 0 saturated heterocycles. The molecule has 0 spiro atoms. The van der Waals surface area contributed by atoms with Gasteiger partial charge < -0.3 is 9.72 Å². The molecule has 1 N–H and O–H groups in total. The van der Waals surface area contributed by atoms with Crippen LogP contribution in [0, 0.1) is 0 Å². The standard InChI is InChI=1S/C13H11NO2S/c1-2-16-13(15)11-7-9-8-5-3-4-6-10(8)14-12(9)17-11/h3-7,14H,2H2,1H3. The van der Waals surface area contributed by atoms with Crippen LogP contribution in [0.25, 0.3) is 21.1 Å². The first-order valence-electron chi connectivity index (χ1n) is 5.47. The molecule has 0 bridgehead atoms. The molecule has 0 radical (unpaired) electrons. The van der Waals surface area contributed by atoms with E-state index in [2.05, 4.69) is 11.1 Å². The highest BCUT2D eigenvalue weighted by atomic mass is 32.1. The summed E-state index contributed by atoms with van der Waals surface area (Å²) in [5.41, 5.74) is 1.10. The van der Waals surface area contributed by atoms with Gasteiger partial charge >= 0.3 is 5.97 Å². The second-order valence-electron chi connectivity index (χ2n) is 3.74. The molecular formula is C13H11NO2S. The van der Waals surface area contributed by atoms with E-state index in [1.807, 2.05) is 31.2 Å². The Bertz CT molecular complexity index is 696. The van der Waals surface area contributed by atoms with Crippen LogP contribution in [-0.4, -0.2) is 17.6 Å². The minimum atomic E-state index is -0.244. The number of ether oxygens (including phenoxy) is 1. The number of nitrogens with one attached hydrogen (secondary N) is 1. The lowest BCUT2D eigenvalue weighted by Gasteiger charge is -1.96. The van der Waals surface area contributed by atoms with Gasteiger partial charge in [-0.3, -0.25) is 0 Å². The maximum absolute atomic E-state index is 11.6. The number of fused-ring (bicyclic) bond motifs is 3. The van der Waals surface area contributed by atoms with E-state index in [1.54, 1.807) is 0 Å². The summed E-state index contributed by atoms with van der Waals surface area (Å²) >= 11 is 1.44. The number of benzene rings is 1. The van der Waals surface area contributed by atoms with Crippen LogP contribution in [-0.2, 0) is 4.74 Å². The highest BCUT2D eigenvalue weighted by molar-refractivity contribution is 7.20. The fourth-order valence-electron chi connectivity index (χ4n) is 1.94. The Balaban J connectivity index is 2.17. The van der Waals surface area contributed by atoms with E-state index in [4.69, 9.17) is 4.74 Å². The lowest BCUT2D eigenvalue weighted by Crippen LogP contribution is -2.01. The van der Waals surface area contributed by atoms with E-state index in [0.29, 0.717) is 11.5 Å². The van der Waals surface area contributed by atoms with Gasteiger partial charge in [0.05, 0.1) is 6.61 Å². The zero-order chi connectivity index (χ0) is 11.8. The van der Waals surface area contributed by atoms with Gasteiger partial charge in [-0.25, -0.2) is 4.79 Å². The molecule has 4 heteroatoms.